The van der Waals surface area contributed by atoms with Crippen molar-refractivity contribution in [2.75, 3.05) is 25.5 Å². The quantitative estimate of drug-likeness (QED) is 0.879. The van der Waals surface area contributed by atoms with Gasteiger partial charge in [0.1, 0.15) is 0 Å². The molecule has 1 aromatic heterocycles. The topological polar surface area (TPSA) is 59.1 Å². The molecule has 0 atom stereocenters. The predicted molar refractivity (Wildman–Crippen MR) is 72.6 cm³/mol. The van der Waals surface area contributed by atoms with Gasteiger partial charge in [-0.3, -0.25) is 0 Å². The Morgan fingerprint density at radius 1 is 1.35 bits per heavy atom. The summed E-state index contributed by atoms with van der Waals surface area (Å²) in [7, 11) is 1.61. The molecular formula is C10H18Cl2N4O. The number of hydrogen-bond acceptors (Lipinski definition) is 5. The first-order valence-corrected chi connectivity index (χ1v) is 5.23. The summed E-state index contributed by atoms with van der Waals surface area (Å²) >= 11 is 0. The smallest absolute Gasteiger partial charge is 0.226 e. The Bertz CT molecular complexity index is 321. The molecule has 17 heavy (non-hydrogen) atoms. The SMILES string of the molecule is COc1ccnc(NC2CCNCC2)n1.Cl.Cl. The number of nitrogens with zero attached hydrogens (tertiary/aromatic N) is 2. The molecule has 0 saturated carbocycles. The van der Waals surface area contributed by atoms with Gasteiger partial charge < -0.3 is 15.4 Å². The molecule has 2 heterocycles. The van der Waals surface area contributed by atoms with Crippen LogP contribution in [0.2, 0.25) is 0 Å². The van der Waals surface area contributed by atoms with E-state index in [1.807, 2.05) is 0 Å². The van der Waals surface area contributed by atoms with Gasteiger partial charge in [0.15, 0.2) is 0 Å². The summed E-state index contributed by atoms with van der Waals surface area (Å²) in [4.78, 5) is 8.38. The first-order chi connectivity index (χ1) is 7.38. The first-order valence-electron chi connectivity index (χ1n) is 5.23. The number of anilines is 1. The van der Waals surface area contributed by atoms with Gasteiger partial charge in [0.25, 0.3) is 0 Å². The van der Waals surface area contributed by atoms with Gasteiger partial charge >= 0.3 is 0 Å². The zero-order valence-electron chi connectivity index (χ0n) is 9.68. The normalized spacial score (nSPS) is 15.4. The van der Waals surface area contributed by atoms with E-state index in [1.165, 1.54) is 0 Å². The second-order valence-electron chi connectivity index (χ2n) is 3.59. The third-order valence-corrected chi connectivity index (χ3v) is 2.51. The van der Waals surface area contributed by atoms with Crippen molar-refractivity contribution in [3.63, 3.8) is 0 Å². The van der Waals surface area contributed by atoms with Crippen LogP contribution in [0.4, 0.5) is 5.95 Å². The van der Waals surface area contributed by atoms with Gasteiger partial charge in [0.2, 0.25) is 11.8 Å². The highest BCUT2D eigenvalue weighted by molar-refractivity contribution is 5.85. The van der Waals surface area contributed by atoms with Crippen LogP contribution >= 0.6 is 24.8 Å². The molecule has 0 radical (unpaired) electrons. The highest BCUT2D eigenvalue weighted by atomic mass is 35.5. The molecule has 1 aliphatic rings. The van der Waals surface area contributed by atoms with Crippen LogP contribution in [0.3, 0.4) is 0 Å². The van der Waals surface area contributed by atoms with Gasteiger partial charge in [-0.1, -0.05) is 0 Å². The van der Waals surface area contributed by atoms with Crippen molar-refractivity contribution < 1.29 is 4.74 Å². The number of halogens is 2. The molecule has 0 bridgehead atoms. The number of ether oxygens (including phenoxy) is 1. The van der Waals surface area contributed by atoms with E-state index in [-0.39, 0.29) is 24.8 Å². The van der Waals surface area contributed by atoms with Crippen molar-refractivity contribution in [2.45, 2.75) is 18.9 Å². The molecule has 1 saturated heterocycles. The van der Waals surface area contributed by atoms with Gasteiger partial charge in [-0.15, -0.1) is 24.8 Å². The minimum absolute atomic E-state index is 0. The lowest BCUT2D eigenvalue weighted by Crippen LogP contribution is -2.35. The summed E-state index contributed by atoms with van der Waals surface area (Å²) < 4.78 is 5.04. The summed E-state index contributed by atoms with van der Waals surface area (Å²) in [5, 5.41) is 6.63. The van der Waals surface area contributed by atoms with Gasteiger partial charge in [0, 0.05) is 18.3 Å². The molecule has 2 rings (SSSR count). The van der Waals surface area contributed by atoms with E-state index in [2.05, 4.69) is 20.6 Å². The highest BCUT2D eigenvalue weighted by Crippen LogP contribution is 2.11. The number of hydrogen-bond donors (Lipinski definition) is 2. The minimum Gasteiger partial charge on any atom is -0.481 e. The average molecular weight is 281 g/mol. The van der Waals surface area contributed by atoms with Gasteiger partial charge in [-0.2, -0.15) is 4.98 Å². The lowest BCUT2D eigenvalue weighted by Gasteiger charge is -2.23. The fourth-order valence-corrected chi connectivity index (χ4v) is 1.67. The molecular weight excluding hydrogens is 263 g/mol. The Labute approximate surface area is 114 Å². The Kier molecular flexibility index (Phi) is 7.95. The maximum atomic E-state index is 5.04. The van der Waals surface area contributed by atoms with E-state index in [0.717, 1.165) is 25.9 Å². The zero-order chi connectivity index (χ0) is 10.5. The third kappa shape index (κ3) is 4.93. The summed E-state index contributed by atoms with van der Waals surface area (Å²) in [5.41, 5.74) is 0. The van der Waals surface area contributed by atoms with Gasteiger partial charge in [-0.05, 0) is 25.9 Å². The molecule has 0 aliphatic carbocycles. The molecule has 1 aliphatic heterocycles. The number of methoxy groups -OCH3 is 1. The van der Waals surface area contributed by atoms with E-state index in [1.54, 1.807) is 19.4 Å². The summed E-state index contributed by atoms with van der Waals surface area (Å²) in [6.07, 6.45) is 3.93. The zero-order valence-corrected chi connectivity index (χ0v) is 11.3. The predicted octanol–water partition coefficient (Wildman–Crippen LogP) is 1.49. The molecule has 1 fully saturated rings. The van der Waals surface area contributed by atoms with Crippen LogP contribution in [0.15, 0.2) is 12.3 Å². The molecule has 1 aromatic rings. The molecule has 2 N–H and O–H groups in total. The van der Waals surface area contributed by atoms with Crippen molar-refractivity contribution >= 4 is 30.8 Å². The average Bonchev–Trinajstić information content (AvgIpc) is 2.31. The highest BCUT2D eigenvalue weighted by Gasteiger charge is 2.13. The van der Waals surface area contributed by atoms with E-state index in [9.17, 15) is 0 Å². The summed E-state index contributed by atoms with van der Waals surface area (Å²) in [6.45, 7) is 2.11. The van der Waals surface area contributed by atoms with E-state index < -0.39 is 0 Å². The van der Waals surface area contributed by atoms with Gasteiger partial charge in [-0.25, -0.2) is 4.98 Å². The van der Waals surface area contributed by atoms with Crippen molar-refractivity contribution in [3.05, 3.63) is 12.3 Å². The monoisotopic (exact) mass is 280 g/mol. The van der Waals surface area contributed by atoms with Crippen LogP contribution in [-0.4, -0.2) is 36.2 Å². The maximum Gasteiger partial charge on any atom is 0.226 e. The van der Waals surface area contributed by atoms with E-state index in [0.29, 0.717) is 17.9 Å². The third-order valence-electron chi connectivity index (χ3n) is 2.51. The largest absolute Gasteiger partial charge is 0.481 e. The standard InChI is InChI=1S/C10H16N4O.2ClH/c1-15-9-4-7-12-10(14-9)13-8-2-5-11-6-3-8;;/h4,7-8,11H,2-3,5-6H2,1H3,(H,12,13,14);2*1H. The number of rotatable bonds is 3. The summed E-state index contributed by atoms with van der Waals surface area (Å²) in [6, 6.07) is 2.21. The number of piperidine rings is 1. The first kappa shape index (κ1) is 16.2. The molecule has 0 unspecified atom stereocenters. The van der Waals surface area contributed by atoms with Crippen LogP contribution in [-0.2, 0) is 0 Å². The molecule has 0 amide bonds. The van der Waals surface area contributed by atoms with Crippen LogP contribution in [0.25, 0.3) is 0 Å². The van der Waals surface area contributed by atoms with Crippen molar-refractivity contribution in [2.24, 2.45) is 0 Å². The molecule has 0 aromatic carbocycles. The van der Waals surface area contributed by atoms with Crippen molar-refractivity contribution in [1.29, 1.82) is 0 Å². The Hall–Kier alpha value is -0.780. The Morgan fingerprint density at radius 2 is 2.06 bits per heavy atom. The van der Waals surface area contributed by atoms with E-state index in [4.69, 9.17) is 4.74 Å². The van der Waals surface area contributed by atoms with Crippen LogP contribution in [0, 0.1) is 0 Å². The Morgan fingerprint density at radius 3 is 2.71 bits per heavy atom. The second kappa shape index (κ2) is 8.33. The van der Waals surface area contributed by atoms with Crippen molar-refractivity contribution in [1.82, 2.24) is 15.3 Å². The van der Waals surface area contributed by atoms with Crippen LogP contribution < -0.4 is 15.4 Å². The molecule has 5 nitrogen and oxygen atoms in total. The lowest BCUT2D eigenvalue weighted by molar-refractivity contribution is 0.396. The minimum atomic E-state index is 0. The molecule has 0 spiro atoms. The van der Waals surface area contributed by atoms with E-state index >= 15 is 0 Å². The number of nitrogens with one attached hydrogen (secondary N) is 2. The summed E-state index contributed by atoms with van der Waals surface area (Å²) in [5.74, 6) is 1.25. The second-order valence-corrected chi connectivity index (χ2v) is 3.59. The molecule has 7 heteroatoms. The fourth-order valence-electron chi connectivity index (χ4n) is 1.67. The van der Waals surface area contributed by atoms with Crippen LogP contribution in [0.5, 0.6) is 5.88 Å². The maximum absolute atomic E-state index is 5.04. The van der Waals surface area contributed by atoms with Gasteiger partial charge in [0.05, 0.1) is 7.11 Å². The Balaban J connectivity index is 0.00000128. The van der Waals surface area contributed by atoms with Crippen LogP contribution in [0.1, 0.15) is 12.8 Å². The number of aromatic nitrogens is 2. The van der Waals surface area contributed by atoms with Crippen molar-refractivity contribution in [3.8, 4) is 5.88 Å². The fraction of sp³-hybridized carbons (Fsp3) is 0.600. The molecule has 98 valence electrons. The lowest BCUT2D eigenvalue weighted by atomic mass is 10.1.